The van der Waals surface area contributed by atoms with Crippen molar-refractivity contribution in [3.05, 3.63) is 64.2 Å². The molecule has 2 rings (SSSR count). The monoisotopic (exact) mass is 374 g/mol. The van der Waals surface area contributed by atoms with Crippen LogP contribution < -0.4 is 4.31 Å². The summed E-state index contributed by atoms with van der Waals surface area (Å²) in [4.78, 5) is 9.64. The number of alkyl halides is 3. The Morgan fingerprint density at radius 1 is 1.12 bits per heavy atom. The van der Waals surface area contributed by atoms with Crippen LogP contribution in [-0.4, -0.2) is 19.9 Å². The highest BCUT2D eigenvalue weighted by Crippen LogP contribution is 2.34. The summed E-state index contributed by atoms with van der Waals surface area (Å²) in [5.41, 5.74) is -1.88. The van der Waals surface area contributed by atoms with Crippen molar-refractivity contribution in [3.8, 4) is 0 Å². The highest BCUT2D eigenvalue weighted by atomic mass is 32.2. The van der Waals surface area contributed by atoms with Crippen molar-refractivity contribution >= 4 is 21.4 Å². The molecule has 25 heavy (non-hydrogen) atoms. The van der Waals surface area contributed by atoms with Crippen molar-refractivity contribution in [1.82, 2.24) is 0 Å². The molecule has 0 saturated carbocycles. The molecule has 2 aromatic rings. The second-order valence-corrected chi connectivity index (χ2v) is 6.77. The first-order valence-electron chi connectivity index (χ1n) is 7.02. The molecule has 0 radical (unpaired) electrons. The van der Waals surface area contributed by atoms with Crippen LogP contribution in [0.3, 0.4) is 0 Å². The predicted molar refractivity (Wildman–Crippen MR) is 84.7 cm³/mol. The highest BCUT2D eigenvalue weighted by Gasteiger charge is 2.34. The maximum Gasteiger partial charge on any atom is 0.416 e. The van der Waals surface area contributed by atoms with Crippen LogP contribution in [0.4, 0.5) is 24.5 Å². The number of para-hydroxylation sites is 1. The van der Waals surface area contributed by atoms with Crippen molar-refractivity contribution in [1.29, 1.82) is 0 Å². The summed E-state index contributed by atoms with van der Waals surface area (Å²) in [5, 5.41) is 11.1. The van der Waals surface area contributed by atoms with E-state index in [-0.39, 0.29) is 12.2 Å². The molecule has 0 atom stereocenters. The van der Waals surface area contributed by atoms with E-state index in [1.165, 1.54) is 25.1 Å². The third-order valence-corrected chi connectivity index (χ3v) is 5.33. The fraction of sp³-hybridized carbons (Fsp3) is 0.200. The van der Waals surface area contributed by atoms with Gasteiger partial charge in [0.05, 0.1) is 16.2 Å². The summed E-state index contributed by atoms with van der Waals surface area (Å²) in [7, 11) is -4.42. The molecule has 0 heterocycles. The smallest absolute Gasteiger partial charge is 0.266 e. The summed E-state index contributed by atoms with van der Waals surface area (Å²) in [5.74, 6) is 0. The lowest BCUT2D eigenvalue weighted by Crippen LogP contribution is -2.31. The first kappa shape index (κ1) is 18.7. The van der Waals surface area contributed by atoms with Gasteiger partial charge < -0.3 is 0 Å². The maximum absolute atomic E-state index is 12.9. The number of hydrogen-bond donors (Lipinski definition) is 0. The molecule has 0 aliphatic carbocycles. The molecule has 0 aliphatic rings. The molecule has 134 valence electrons. The molecule has 0 fully saturated rings. The minimum Gasteiger partial charge on any atom is -0.266 e. The first-order chi connectivity index (χ1) is 11.6. The Kier molecular flexibility index (Phi) is 5.02. The zero-order valence-electron chi connectivity index (χ0n) is 12.9. The van der Waals surface area contributed by atoms with Crippen LogP contribution in [-0.2, 0) is 16.2 Å². The molecule has 0 spiro atoms. The van der Waals surface area contributed by atoms with E-state index < -0.39 is 37.3 Å². The van der Waals surface area contributed by atoms with Crippen molar-refractivity contribution < 1.29 is 26.5 Å². The SMILES string of the molecule is CCN(c1cccc(C(F)(F)F)c1)S(=O)(=O)c1ccccc1[N+](=O)[O-]. The number of rotatable bonds is 5. The standard InChI is InChI=1S/C15H13F3N2O4S/c1-2-19(12-7-5-6-11(10-12)15(16,17)18)25(23,24)14-9-4-3-8-13(14)20(21)22/h3-10H,2H2,1H3. The average molecular weight is 374 g/mol. The van der Waals surface area contributed by atoms with Gasteiger partial charge in [-0.3, -0.25) is 14.4 Å². The van der Waals surface area contributed by atoms with E-state index in [0.29, 0.717) is 10.4 Å². The van der Waals surface area contributed by atoms with E-state index in [1.807, 2.05) is 0 Å². The number of sulfonamides is 1. The lowest BCUT2D eigenvalue weighted by Gasteiger charge is -2.23. The normalized spacial score (nSPS) is 12.0. The van der Waals surface area contributed by atoms with Gasteiger partial charge >= 0.3 is 6.18 Å². The molecule has 0 aromatic heterocycles. The van der Waals surface area contributed by atoms with Gasteiger partial charge in [-0.15, -0.1) is 0 Å². The van der Waals surface area contributed by atoms with Gasteiger partial charge in [-0.1, -0.05) is 18.2 Å². The van der Waals surface area contributed by atoms with Crippen LogP contribution in [0.25, 0.3) is 0 Å². The van der Waals surface area contributed by atoms with Gasteiger partial charge in [-0.2, -0.15) is 13.2 Å². The number of nitro groups is 1. The van der Waals surface area contributed by atoms with Crippen molar-refractivity contribution in [3.63, 3.8) is 0 Å². The molecule has 0 aliphatic heterocycles. The summed E-state index contributed by atoms with van der Waals surface area (Å²) in [6.45, 7) is 1.22. The maximum atomic E-state index is 12.9. The van der Waals surface area contributed by atoms with Crippen molar-refractivity contribution in [2.75, 3.05) is 10.8 Å². The van der Waals surface area contributed by atoms with Gasteiger partial charge in [0.15, 0.2) is 4.90 Å². The molecular weight excluding hydrogens is 361 g/mol. The zero-order valence-corrected chi connectivity index (χ0v) is 13.7. The summed E-state index contributed by atoms with van der Waals surface area (Å²) >= 11 is 0. The Morgan fingerprint density at radius 3 is 2.32 bits per heavy atom. The Bertz CT molecular complexity index is 898. The van der Waals surface area contributed by atoms with Gasteiger partial charge in [0.1, 0.15) is 0 Å². The van der Waals surface area contributed by atoms with Crippen LogP contribution in [0, 0.1) is 10.1 Å². The van der Waals surface area contributed by atoms with E-state index in [2.05, 4.69) is 0 Å². The van der Waals surface area contributed by atoms with Gasteiger partial charge in [0.2, 0.25) is 0 Å². The van der Waals surface area contributed by atoms with Crippen LogP contribution >= 0.6 is 0 Å². The largest absolute Gasteiger partial charge is 0.416 e. The number of anilines is 1. The van der Waals surface area contributed by atoms with E-state index in [1.54, 1.807) is 0 Å². The topological polar surface area (TPSA) is 80.5 Å². The van der Waals surface area contributed by atoms with E-state index >= 15 is 0 Å². The zero-order chi connectivity index (χ0) is 18.8. The van der Waals surface area contributed by atoms with Crippen LogP contribution in [0.15, 0.2) is 53.4 Å². The predicted octanol–water partition coefficient (Wildman–Crippen LogP) is 3.83. The summed E-state index contributed by atoms with van der Waals surface area (Å²) in [6, 6.07) is 8.46. The fourth-order valence-corrected chi connectivity index (χ4v) is 3.90. The van der Waals surface area contributed by atoms with Crippen molar-refractivity contribution in [2.24, 2.45) is 0 Å². The van der Waals surface area contributed by atoms with Crippen LogP contribution in [0.5, 0.6) is 0 Å². The molecule has 0 saturated heterocycles. The molecule has 0 bridgehead atoms. The van der Waals surface area contributed by atoms with E-state index in [9.17, 15) is 31.7 Å². The third-order valence-electron chi connectivity index (χ3n) is 3.38. The molecule has 0 amide bonds. The highest BCUT2D eigenvalue weighted by molar-refractivity contribution is 7.93. The van der Waals surface area contributed by atoms with Crippen molar-refractivity contribution in [2.45, 2.75) is 18.0 Å². The Hall–Kier alpha value is -2.62. The molecule has 2 aromatic carbocycles. The molecular formula is C15H13F3N2O4S. The third kappa shape index (κ3) is 3.73. The molecule has 0 unspecified atom stereocenters. The fourth-order valence-electron chi connectivity index (χ4n) is 2.27. The molecule has 6 nitrogen and oxygen atoms in total. The number of nitro benzene ring substituents is 1. The first-order valence-corrected chi connectivity index (χ1v) is 8.46. The summed E-state index contributed by atoms with van der Waals surface area (Å²) < 4.78 is 64.9. The number of benzene rings is 2. The Balaban J connectivity index is 2.60. The summed E-state index contributed by atoms with van der Waals surface area (Å²) in [6.07, 6.45) is -4.64. The quantitative estimate of drug-likeness (QED) is 0.588. The lowest BCUT2D eigenvalue weighted by molar-refractivity contribution is -0.387. The number of hydrogen-bond acceptors (Lipinski definition) is 4. The van der Waals surface area contributed by atoms with Gasteiger partial charge in [0.25, 0.3) is 15.7 Å². The second kappa shape index (κ2) is 6.71. The van der Waals surface area contributed by atoms with Gasteiger partial charge in [-0.05, 0) is 31.2 Å². The molecule has 10 heteroatoms. The number of nitrogens with zero attached hydrogens (tertiary/aromatic N) is 2. The second-order valence-electron chi connectivity index (χ2n) is 4.94. The Morgan fingerprint density at radius 2 is 1.76 bits per heavy atom. The van der Waals surface area contributed by atoms with Crippen LogP contribution in [0.1, 0.15) is 12.5 Å². The number of halogens is 3. The van der Waals surface area contributed by atoms with E-state index in [4.69, 9.17) is 0 Å². The minimum atomic E-state index is -4.64. The average Bonchev–Trinajstić information content (AvgIpc) is 2.54. The van der Waals surface area contributed by atoms with Gasteiger partial charge in [0, 0.05) is 12.6 Å². The van der Waals surface area contributed by atoms with Gasteiger partial charge in [-0.25, -0.2) is 8.42 Å². The van der Waals surface area contributed by atoms with Crippen LogP contribution in [0.2, 0.25) is 0 Å². The van der Waals surface area contributed by atoms with E-state index in [0.717, 1.165) is 24.3 Å². The lowest BCUT2D eigenvalue weighted by atomic mass is 10.2. The molecule has 0 N–H and O–H groups in total. The minimum absolute atomic E-state index is 0.199. The Labute approximate surface area is 141 Å².